The molecule has 0 spiro atoms. The second-order valence-corrected chi connectivity index (χ2v) is 7.76. The fourth-order valence-corrected chi connectivity index (χ4v) is 2.77. The van der Waals surface area contributed by atoms with Crippen molar-refractivity contribution >= 4 is 0 Å². The summed E-state index contributed by atoms with van der Waals surface area (Å²) in [6.07, 6.45) is 2.06. The van der Waals surface area contributed by atoms with Crippen molar-refractivity contribution in [3.63, 3.8) is 0 Å². The van der Waals surface area contributed by atoms with Crippen molar-refractivity contribution in [1.82, 2.24) is 0 Å². The molecule has 0 fully saturated rings. The fourth-order valence-electron chi connectivity index (χ4n) is 2.77. The number of phenolic OH excluding ortho intramolecular Hbond substituents is 1. The Balaban J connectivity index is 2.76. The van der Waals surface area contributed by atoms with E-state index in [9.17, 15) is 5.11 Å². The van der Waals surface area contributed by atoms with E-state index in [1.165, 1.54) is 5.56 Å². The van der Waals surface area contributed by atoms with Gasteiger partial charge >= 0.3 is 0 Å². The third kappa shape index (κ3) is 3.44. The van der Waals surface area contributed by atoms with Crippen LogP contribution in [0.25, 0.3) is 11.1 Å². The number of phenols is 1. The third-order valence-electron chi connectivity index (χ3n) is 5.47. The van der Waals surface area contributed by atoms with E-state index in [2.05, 4.69) is 65.8 Å². The molecule has 0 aliphatic carbocycles. The second kappa shape index (κ2) is 6.39. The summed E-state index contributed by atoms with van der Waals surface area (Å²) in [5.41, 5.74) is 4.42. The van der Waals surface area contributed by atoms with Crippen LogP contribution in [0, 0.1) is 0 Å². The van der Waals surface area contributed by atoms with Crippen LogP contribution in [-0.2, 0) is 10.8 Å². The maximum Gasteiger partial charge on any atom is 0.127 e. The summed E-state index contributed by atoms with van der Waals surface area (Å²) in [7, 11) is 0. The predicted octanol–water partition coefficient (Wildman–Crippen LogP) is 6.43. The zero-order valence-corrected chi connectivity index (χ0v) is 15.4. The average Bonchev–Trinajstić information content (AvgIpc) is 2.55. The maximum atomic E-state index is 11.0. The standard InChI is InChI=1S/C22H30O/c1-7-21(3,4)17-14-18(16-12-10-9-11-13-16)20(23)19(15-17)22(5,6)8-2/h9-15,23H,7-8H2,1-6H3. The van der Waals surface area contributed by atoms with Crippen LogP contribution in [0.4, 0.5) is 0 Å². The lowest BCUT2D eigenvalue weighted by Gasteiger charge is -2.30. The van der Waals surface area contributed by atoms with Crippen LogP contribution in [0.2, 0.25) is 0 Å². The highest BCUT2D eigenvalue weighted by atomic mass is 16.3. The van der Waals surface area contributed by atoms with E-state index in [4.69, 9.17) is 0 Å². The van der Waals surface area contributed by atoms with Crippen LogP contribution in [-0.4, -0.2) is 5.11 Å². The highest BCUT2D eigenvalue weighted by Crippen LogP contribution is 2.43. The normalized spacial score (nSPS) is 12.4. The van der Waals surface area contributed by atoms with Gasteiger partial charge in [0, 0.05) is 11.1 Å². The van der Waals surface area contributed by atoms with Gasteiger partial charge in [0.15, 0.2) is 0 Å². The summed E-state index contributed by atoms with van der Waals surface area (Å²) in [4.78, 5) is 0. The minimum Gasteiger partial charge on any atom is -0.507 e. The molecule has 0 aromatic heterocycles. The Hall–Kier alpha value is -1.76. The molecule has 0 unspecified atom stereocenters. The molecule has 0 saturated carbocycles. The molecule has 1 heteroatoms. The number of aromatic hydroxyl groups is 1. The Kier molecular flexibility index (Phi) is 4.89. The first kappa shape index (κ1) is 17.6. The van der Waals surface area contributed by atoms with Crippen LogP contribution in [0.15, 0.2) is 42.5 Å². The molecule has 0 amide bonds. The minimum absolute atomic E-state index is 0.0482. The van der Waals surface area contributed by atoms with Gasteiger partial charge in [-0.25, -0.2) is 0 Å². The zero-order chi connectivity index (χ0) is 17.3. The van der Waals surface area contributed by atoms with Crippen LogP contribution >= 0.6 is 0 Å². The van der Waals surface area contributed by atoms with E-state index in [0.29, 0.717) is 5.75 Å². The van der Waals surface area contributed by atoms with Crippen LogP contribution < -0.4 is 0 Å². The monoisotopic (exact) mass is 310 g/mol. The van der Waals surface area contributed by atoms with Gasteiger partial charge in [0.1, 0.15) is 5.75 Å². The molecule has 124 valence electrons. The number of hydrogen-bond acceptors (Lipinski definition) is 1. The molecule has 1 nitrogen and oxygen atoms in total. The number of benzene rings is 2. The molecule has 0 atom stereocenters. The van der Waals surface area contributed by atoms with Crippen molar-refractivity contribution < 1.29 is 5.11 Å². The van der Waals surface area contributed by atoms with E-state index in [1.807, 2.05) is 18.2 Å². The predicted molar refractivity (Wildman–Crippen MR) is 100 cm³/mol. The topological polar surface area (TPSA) is 20.2 Å². The Morgan fingerprint density at radius 3 is 1.91 bits per heavy atom. The van der Waals surface area contributed by atoms with E-state index in [-0.39, 0.29) is 10.8 Å². The molecule has 2 rings (SSSR count). The van der Waals surface area contributed by atoms with E-state index < -0.39 is 0 Å². The van der Waals surface area contributed by atoms with Crippen LogP contribution in [0.1, 0.15) is 65.5 Å². The van der Waals surface area contributed by atoms with Gasteiger partial charge < -0.3 is 5.11 Å². The lowest BCUT2D eigenvalue weighted by molar-refractivity contribution is 0.426. The molecular weight excluding hydrogens is 280 g/mol. The lowest BCUT2D eigenvalue weighted by atomic mass is 9.74. The molecule has 0 aliphatic heterocycles. The molecule has 0 aliphatic rings. The smallest absolute Gasteiger partial charge is 0.127 e. The van der Waals surface area contributed by atoms with E-state index in [1.54, 1.807) is 0 Å². The van der Waals surface area contributed by atoms with Crippen molar-refractivity contribution in [3.05, 3.63) is 53.6 Å². The van der Waals surface area contributed by atoms with Gasteiger partial charge in [-0.15, -0.1) is 0 Å². The Labute approximate surface area is 141 Å². The minimum atomic E-state index is -0.0482. The number of hydrogen-bond donors (Lipinski definition) is 1. The van der Waals surface area contributed by atoms with Crippen LogP contribution in [0.5, 0.6) is 5.75 Å². The molecule has 0 bridgehead atoms. The van der Waals surface area contributed by atoms with Gasteiger partial charge in [-0.3, -0.25) is 0 Å². The third-order valence-corrected chi connectivity index (χ3v) is 5.47. The number of rotatable bonds is 5. The first-order chi connectivity index (χ1) is 10.7. The van der Waals surface area contributed by atoms with Gasteiger partial charge in [0.05, 0.1) is 0 Å². The SMILES string of the molecule is CCC(C)(C)c1cc(-c2ccccc2)c(O)c(C(C)(C)CC)c1. The first-order valence-corrected chi connectivity index (χ1v) is 8.66. The Bertz CT molecular complexity index is 666. The summed E-state index contributed by atoms with van der Waals surface area (Å²) >= 11 is 0. The Morgan fingerprint density at radius 2 is 1.39 bits per heavy atom. The molecular formula is C22H30O. The molecule has 1 N–H and O–H groups in total. The van der Waals surface area contributed by atoms with Crippen LogP contribution in [0.3, 0.4) is 0 Å². The summed E-state index contributed by atoms with van der Waals surface area (Å²) in [6.45, 7) is 13.4. The molecule has 0 radical (unpaired) electrons. The lowest BCUT2D eigenvalue weighted by Crippen LogP contribution is -2.20. The summed E-state index contributed by atoms with van der Waals surface area (Å²) < 4.78 is 0. The molecule has 0 heterocycles. The summed E-state index contributed by atoms with van der Waals surface area (Å²) in [6, 6.07) is 14.6. The van der Waals surface area contributed by atoms with Gasteiger partial charge in [-0.2, -0.15) is 0 Å². The summed E-state index contributed by atoms with van der Waals surface area (Å²) in [5, 5.41) is 11.0. The largest absolute Gasteiger partial charge is 0.507 e. The van der Waals surface area contributed by atoms with Crippen molar-refractivity contribution in [1.29, 1.82) is 0 Å². The van der Waals surface area contributed by atoms with Gasteiger partial charge in [-0.05, 0) is 40.9 Å². The molecule has 0 saturated heterocycles. The second-order valence-electron chi connectivity index (χ2n) is 7.76. The van der Waals surface area contributed by atoms with Gasteiger partial charge in [0.25, 0.3) is 0 Å². The zero-order valence-electron chi connectivity index (χ0n) is 15.4. The molecule has 2 aromatic carbocycles. The first-order valence-electron chi connectivity index (χ1n) is 8.66. The highest BCUT2D eigenvalue weighted by Gasteiger charge is 2.28. The summed E-state index contributed by atoms with van der Waals surface area (Å²) in [5.74, 6) is 0.429. The van der Waals surface area contributed by atoms with Gasteiger partial charge in [0.2, 0.25) is 0 Å². The van der Waals surface area contributed by atoms with Crippen molar-refractivity contribution in [3.8, 4) is 16.9 Å². The molecule has 23 heavy (non-hydrogen) atoms. The van der Waals surface area contributed by atoms with E-state index >= 15 is 0 Å². The average molecular weight is 310 g/mol. The van der Waals surface area contributed by atoms with Gasteiger partial charge in [-0.1, -0.05) is 77.9 Å². The fraction of sp³-hybridized carbons (Fsp3) is 0.455. The van der Waals surface area contributed by atoms with E-state index in [0.717, 1.165) is 29.5 Å². The Morgan fingerprint density at radius 1 is 0.826 bits per heavy atom. The molecule has 2 aromatic rings. The maximum absolute atomic E-state index is 11.0. The van der Waals surface area contributed by atoms with Crippen molar-refractivity contribution in [2.75, 3.05) is 0 Å². The van der Waals surface area contributed by atoms with Crippen molar-refractivity contribution in [2.24, 2.45) is 0 Å². The quantitative estimate of drug-likeness (QED) is 0.674. The van der Waals surface area contributed by atoms with Crippen molar-refractivity contribution in [2.45, 2.75) is 65.2 Å². The highest BCUT2D eigenvalue weighted by molar-refractivity contribution is 5.73.